The van der Waals surface area contributed by atoms with E-state index >= 15 is 0 Å². The molecular formula is C17H16N6O. The average molecular weight is 320 g/mol. The maximum Gasteiger partial charge on any atom is 0.266 e. The number of benzene rings is 1. The molecule has 1 aromatic carbocycles. The van der Waals surface area contributed by atoms with Crippen LogP contribution in [0.15, 0.2) is 28.8 Å². The van der Waals surface area contributed by atoms with E-state index in [0.29, 0.717) is 23.3 Å². The summed E-state index contributed by atoms with van der Waals surface area (Å²) in [5.74, 6) is 1.49. The highest BCUT2D eigenvalue weighted by Gasteiger charge is 2.34. The maximum absolute atomic E-state index is 9.13. The van der Waals surface area contributed by atoms with Crippen molar-refractivity contribution >= 4 is 5.95 Å². The van der Waals surface area contributed by atoms with Crippen LogP contribution in [0.3, 0.4) is 0 Å². The van der Waals surface area contributed by atoms with Crippen LogP contribution in [0.4, 0.5) is 5.95 Å². The Morgan fingerprint density at radius 1 is 1.25 bits per heavy atom. The summed E-state index contributed by atoms with van der Waals surface area (Å²) in [4.78, 5) is 8.23. The highest BCUT2D eigenvalue weighted by atomic mass is 16.5. The molecule has 0 amide bonds. The summed E-state index contributed by atoms with van der Waals surface area (Å²) in [5, 5.41) is 22.2. The molecule has 4 rings (SSSR count). The van der Waals surface area contributed by atoms with Crippen molar-refractivity contribution in [3.63, 3.8) is 0 Å². The Hall–Kier alpha value is -3.06. The first kappa shape index (κ1) is 14.5. The predicted molar refractivity (Wildman–Crippen MR) is 84.7 cm³/mol. The molecule has 120 valence electrons. The molecule has 1 atom stereocenters. The van der Waals surface area contributed by atoms with Crippen LogP contribution in [-0.2, 0) is 0 Å². The third-order valence-electron chi connectivity index (χ3n) is 4.75. The van der Waals surface area contributed by atoms with Crippen LogP contribution < -0.4 is 4.90 Å². The standard InChI is InChI=1S/C17H16N6O/c18-8-12-3-1-4-13(7-12)14-9-23(10-14)17-20-16(24-21-17)15-5-2-6-22(15)11-19/h1,3-4,7,14-15H,2,5-6,9-10H2. The number of hydrogen-bond acceptors (Lipinski definition) is 7. The van der Waals surface area contributed by atoms with E-state index in [2.05, 4.69) is 27.3 Å². The molecule has 0 saturated carbocycles. The molecule has 7 nitrogen and oxygen atoms in total. The van der Waals surface area contributed by atoms with Gasteiger partial charge in [0, 0.05) is 25.6 Å². The van der Waals surface area contributed by atoms with Crippen LogP contribution in [0.5, 0.6) is 0 Å². The van der Waals surface area contributed by atoms with Crippen molar-refractivity contribution in [2.45, 2.75) is 24.8 Å². The first-order valence-electron chi connectivity index (χ1n) is 8.03. The second kappa shape index (κ2) is 5.86. The van der Waals surface area contributed by atoms with Gasteiger partial charge < -0.3 is 9.42 Å². The van der Waals surface area contributed by atoms with Gasteiger partial charge in [0.15, 0.2) is 6.19 Å². The molecule has 0 aliphatic carbocycles. The van der Waals surface area contributed by atoms with E-state index in [4.69, 9.17) is 15.0 Å². The highest BCUT2D eigenvalue weighted by Crippen LogP contribution is 2.34. The monoisotopic (exact) mass is 320 g/mol. The van der Waals surface area contributed by atoms with Crippen molar-refractivity contribution < 1.29 is 4.52 Å². The van der Waals surface area contributed by atoms with Gasteiger partial charge in [-0.2, -0.15) is 15.5 Å². The van der Waals surface area contributed by atoms with Gasteiger partial charge in [-0.25, -0.2) is 0 Å². The van der Waals surface area contributed by atoms with Gasteiger partial charge in [0.05, 0.1) is 11.6 Å². The predicted octanol–water partition coefficient (Wildman–Crippen LogP) is 2.16. The van der Waals surface area contributed by atoms with Gasteiger partial charge in [-0.05, 0) is 35.7 Å². The number of hydrogen-bond donors (Lipinski definition) is 0. The Morgan fingerprint density at radius 2 is 2.12 bits per heavy atom. The molecule has 3 heterocycles. The maximum atomic E-state index is 9.13. The Kier molecular flexibility index (Phi) is 3.55. The van der Waals surface area contributed by atoms with E-state index in [1.54, 1.807) is 4.90 Å². The van der Waals surface area contributed by atoms with E-state index in [-0.39, 0.29) is 6.04 Å². The number of rotatable bonds is 3. The lowest BCUT2D eigenvalue weighted by Crippen LogP contribution is -2.45. The molecule has 0 radical (unpaired) electrons. The fourth-order valence-electron chi connectivity index (χ4n) is 3.35. The second-order valence-electron chi connectivity index (χ2n) is 6.22. The van der Waals surface area contributed by atoms with Gasteiger partial charge in [0.25, 0.3) is 11.8 Å². The molecule has 2 aliphatic rings. The normalized spacial score (nSPS) is 20.5. The minimum absolute atomic E-state index is 0.0827. The first-order chi connectivity index (χ1) is 11.8. The second-order valence-corrected chi connectivity index (χ2v) is 6.22. The molecular weight excluding hydrogens is 304 g/mol. The van der Waals surface area contributed by atoms with Crippen LogP contribution in [-0.4, -0.2) is 34.7 Å². The molecule has 7 heteroatoms. The number of anilines is 1. The SMILES string of the molecule is N#Cc1cccc(C2CN(c3noc(C4CCCN4C#N)n3)C2)c1. The summed E-state index contributed by atoms with van der Waals surface area (Å²) in [6.07, 6.45) is 4.03. The average Bonchev–Trinajstić information content (AvgIpc) is 3.22. The lowest BCUT2D eigenvalue weighted by Gasteiger charge is -2.38. The van der Waals surface area contributed by atoms with Gasteiger partial charge in [0.1, 0.15) is 6.04 Å². The Balaban J connectivity index is 1.43. The molecule has 2 aromatic rings. The zero-order chi connectivity index (χ0) is 16.5. The number of likely N-dealkylation sites (tertiary alicyclic amines) is 1. The van der Waals surface area contributed by atoms with Gasteiger partial charge >= 0.3 is 0 Å². The molecule has 0 bridgehead atoms. The third-order valence-corrected chi connectivity index (χ3v) is 4.75. The molecule has 1 unspecified atom stereocenters. The van der Waals surface area contributed by atoms with Gasteiger partial charge in [-0.1, -0.05) is 12.1 Å². The van der Waals surface area contributed by atoms with Crippen molar-refractivity contribution in [3.8, 4) is 12.3 Å². The third kappa shape index (κ3) is 2.44. The molecule has 2 aliphatic heterocycles. The van der Waals surface area contributed by atoms with E-state index in [0.717, 1.165) is 32.5 Å². The van der Waals surface area contributed by atoms with Gasteiger partial charge in [-0.3, -0.25) is 4.90 Å². The van der Waals surface area contributed by atoms with Gasteiger partial charge in [0.2, 0.25) is 0 Å². The lowest BCUT2D eigenvalue weighted by molar-refractivity contribution is 0.274. The Bertz CT molecular complexity index is 826. The summed E-state index contributed by atoms with van der Waals surface area (Å²) in [7, 11) is 0. The molecule has 2 saturated heterocycles. The van der Waals surface area contributed by atoms with Gasteiger partial charge in [-0.15, -0.1) is 0 Å². The fraction of sp³-hybridized carbons (Fsp3) is 0.412. The zero-order valence-corrected chi connectivity index (χ0v) is 13.1. The fourth-order valence-corrected chi connectivity index (χ4v) is 3.35. The largest absolute Gasteiger partial charge is 0.337 e. The van der Waals surface area contributed by atoms with E-state index in [1.165, 1.54) is 5.56 Å². The number of aromatic nitrogens is 2. The Morgan fingerprint density at radius 3 is 2.92 bits per heavy atom. The highest BCUT2D eigenvalue weighted by molar-refractivity contribution is 5.42. The van der Waals surface area contributed by atoms with E-state index in [9.17, 15) is 0 Å². The van der Waals surface area contributed by atoms with Crippen LogP contribution in [0.2, 0.25) is 0 Å². The van der Waals surface area contributed by atoms with Crippen LogP contribution in [0.1, 0.15) is 41.8 Å². The van der Waals surface area contributed by atoms with Crippen molar-refractivity contribution in [1.29, 1.82) is 10.5 Å². The first-order valence-corrected chi connectivity index (χ1v) is 8.03. The molecule has 1 aromatic heterocycles. The van der Waals surface area contributed by atoms with Crippen LogP contribution >= 0.6 is 0 Å². The number of nitrogens with zero attached hydrogens (tertiary/aromatic N) is 6. The summed E-state index contributed by atoms with van der Waals surface area (Å²) in [6, 6.07) is 9.81. The van der Waals surface area contributed by atoms with E-state index < -0.39 is 0 Å². The molecule has 24 heavy (non-hydrogen) atoms. The van der Waals surface area contributed by atoms with E-state index in [1.807, 2.05) is 24.3 Å². The van der Waals surface area contributed by atoms with Crippen molar-refractivity contribution in [2.24, 2.45) is 0 Å². The summed E-state index contributed by atoms with van der Waals surface area (Å²) < 4.78 is 5.38. The zero-order valence-electron chi connectivity index (χ0n) is 13.1. The number of nitriles is 2. The molecule has 2 fully saturated rings. The van der Waals surface area contributed by atoms with Crippen molar-refractivity contribution in [1.82, 2.24) is 15.0 Å². The smallest absolute Gasteiger partial charge is 0.266 e. The molecule has 0 N–H and O–H groups in total. The summed E-state index contributed by atoms with van der Waals surface area (Å²) >= 11 is 0. The van der Waals surface area contributed by atoms with Crippen LogP contribution in [0, 0.1) is 22.8 Å². The van der Waals surface area contributed by atoms with Crippen molar-refractivity contribution in [2.75, 3.05) is 24.5 Å². The topological polar surface area (TPSA) is 93.0 Å². The quantitative estimate of drug-likeness (QED) is 0.800. The minimum atomic E-state index is -0.0827. The summed E-state index contributed by atoms with van der Waals surface area (Å²) in [6.45, 7) is 2.36. The summed E-state index contributed by atoms with van der Waals surface area (Å²) in [5.41, 5.74) is 1.85. The van der Waals surface area contributed by atoms with Crippen LogP contribution in [0.25, 0.3) is 0 Å². The minimum Gasteiger partial charge on any atom is -0.337 e. The van der Waals surface area contributed by atoms with Crippen molar-refractivity contribution in [3.05, 3.63) is 41.3 Å². The lowest BCUT2D eigenvalue weighted by atomic mass is 9.91. The Labute approximate surface area is 139 Å². The molecule has 0 spiro atoms.